The van der Waals surface area contributed by atoms with Crippen LogP contribution in [0.2, 0.25) is 0 Å². The van der Waals surface area contributed by atoms with Crippen molar-refractivity contribution in [2.45, 2.75) is 0 Å². The number of anilines is 3. The third-order valence-corrected chi connectivity index (χ3v) is 8.42. The van der Waals surface area contributed by atoms with Crippen LogP contribution >= 0.6 is 0 Å². The molecule has 0 N–H and O–H groups in total. The Morgan fingerprint density at radius 2 is 1.16 bits per heavy atom. The summed E-state index contributed by atoms with van der Waals surface area (Å²) in [4.78, 5) is 12.6. The highest BCUT2D eigenvalue weighted by atomic mass is 16.3. The van der Waals surface area contributed by atoms with E-state index in [1.165, 1.54) is 0 Å². The molecule has 0 saturated carbocycles. The van der Waals surface area contributed by atoms with E-state index in [1.807, 2.05) is 42.6 Å². The molecule has 0 unspecified atom stereocenters. The Labute approximate surface area is 259 Å². The molecule has 3 aromatic heterocycles. The molecule has 0 saturated heterocycles. The van der Waals surface area contributed by atoms with Crippen molar-refractivity contribution < 1.29 is 4.42 Å². The maximum absolute atomic E-state index is 6.51. The molecule has 0 bridgehead atoms. The van der Waals surface area contributed by atoms with E-state index in [0.717, 1.165) is 72.2 Å². The predicted octanol–water partition coefficient (Wildman–Crippen LogP) is 10.6. The Balaban J connectivity index is 1.34. The van der Waals surface area contributed by atoms with Crippen LogP contribution in [0.5, 0.6) is 0 Å². The summed E-state index contributed by atoms with van der Waals surface area (Å²) in [5.41, 5.74) is 9.64. The molecule has 0 aliphatic carbocycles. The van der Waals surface area contributed by atoms with Crippen LogP contribution in [0.15, 0.2) is 162 Å². The zero-order valence-corrected chi connectivity index (χ0v) is 24.2. The smallest absolute Gasteiger partial charge is 0.160 e. The lowest BCUT2D eigenvalue weighted by Gasteiger charge is -2.26. The molecule has 0 aliphatic heterocycles. The van der Waals surface area contributed by atoms with Gasteiger partial charge in [0.15, 0.2) is 5.82 Å². The third kappa shape index (κ3) is 4.09. The van der Waals surface area contributed by atoms with Crippen LogP contribution in [0.3, 0.4) is 0 Å². The number of aromatic nitrogens is 3. The zero-order chi connectivity index (χ0) is 29.7. The first-order valence-electron chi connectivity index (χ1n) is 15.0. The summed E-state index contributed by atoms with van der Waals surface area (Å²) in [6.45, 7) is 0. The summed E-state index contributed by atoms with van der Waals surface area (Å²) < 4.78 is 8.75. The van der Waals surface area contributed by atoms with Gasteiger partial charge in [0.25, 0.3) is 0 Å². The van der Waals surface area contributed by atoms with Crippen LogP contribution in [-0.2, 0) is 0 Å². The Morgan fingerprint density at radius 1 is 0.533 bits per heavy atom. The van der Waals surface area contributed by atoms with Gasteiger partial charge in [-0.05, 0) is 54.6 Å². The molecule has 6 aromatic carbocycles. The normalized spacial score (nSPS) is 11.6. The SMILES string of the molecule is c1ccc(N(c2ccccc2)c2cc(-c3ncc4c(n3)c3ccccc3n4-c3ccccc3)c3c(c2)oc2ccccc23)cc1. The number of rotatable bonds is 5. The van der Waals surface area contributed by atoms with E-state index < -0.39 is 0 Å². The van der Waals surface area contributed by atoms with Gasteiger partial charge < -0.3 is 13.9 Å². The molecule has 3 heterocycles. The number of para-hydroxylation sites is 5. The highest BCUT2D eigenvalue weighted by Crippen LogP contribution is 2.43. The summed E-state index contributed by atoms with van der Waals surface area (Å²) in [5, 5.41) is 3.12. The van der Waals surface area contributed by atoms with Gasteiger partial charge in [-0.3, -0.25) is 0 Å². The van der Waals surface area contributed by atoms with Crippen molar-refractivity contribution in [3.63, 3.8) is 0 Å². The van der Waals surface area contributed by atoms with Crippen LogP contribution in [-0.4, -0.2) is 14.5 Å². The van der Waals surface area contributed by atoms with Gasteiger partial charge in [-0.1, -0.05) is 91.0 Å². The summed E-state index contributed by atoms with van der Waals surface area (Å²) in [6, 6.07) is 52.1. The van der Waals surface area contributed by atoms with Crippen LogP contribution < -0.4 is 4.90 Å². The standard InChI is InChI=1S/C40H26N4O/c1-4-14-27(15-5-1)43(28-16-6-2-7-17-28)30-24-33(38-32-21-11-13-23-36(32)45-37(38)25-30)40-41-26-35-39(42-40)31-20-10-12-22-34(31)44(35)29-18-8-3-9-19-29/h1-26H. The Bertz CT molecular complexity index is 2440. The van der Waals surface area contributed by atoms with Gasteiger partial charge in [-0.15, -0.1) is 0 Å². The van der Waals surface area contributed by atoms with Crippen molar-refractivity contribution in [2.75, 3.05) is 4.90 Å². The van der Waals surface area contributed by atoms with Crippen molar-refractivity contribution in [1.82, 2.24) is 14.5 Å². The van der Waals surface area contributed by atoms with Crippen LogP contribution in [0, 0.1) is 0 Å². The minimum Gasteiger partial charge on any atom is -0.456 e. The lowest BCUT2D eigenvalue weighted by molar-refractivity contribution is 0.669. The Hall–Kier alpha value is -6.20. The monoisotopic (exact) mass is 578 g/mol. The molecule has 0 atom stereocenters. The lowest BCUT2D eigenvalue weighted by atomic mass is 10.0. The van der Waals surface area contributed by atoms with Crippen LogP contribution in [0.25, 0.3) is 61.0 Å². The predicted molar refractivity (Wildman–Crippen MR) is 184 cm³/mol. The summed E-state index contributed by atoms with van der Waals surface area (Å²) in [7, 11) is 0. The number of fused-ring (bicyclic) bond motifs is 6. The molecule has 0 fully saturated rings. The highest BCUT2D eigenvalue weighted by molar-refractivity contribution is 6.14. The van der Waals surface area contributed by atoms with Crippen molar-refractivity contribution in [3.8, 4) is 17.1 Å². The lowest BCUT2D eigenvalue weighted by Crippen LogP contribution is -2.10. The molecule has 0 amide bonds. The van der Waals surface area contributed by atoms with Gasteiger partial charge in [-0.25, -0.2) is 9.97 Å². The fraction of sp³-hybridized carbons (Fsp3) is 0. The summed E-state index contributed by atoms with van der Waals surface area (Å²) >= 11 is 0. The minimum absolute atomic E-state index is 0.651. The average Bonchev–Trinajstić information content (AvgIpc) is 3.65. The molecule has 9 rings (SSSR count). The topological polar surface area (TPSA) is 47.1 Å². The fourth-order valence-corrected chi connectivity index (χ4v) is 6.47. The molecular formula is C40H26N4O. The molecule has 212 valence electrons. The number of benzene rings is 6. The molecule has 0 spiro atoms. The molecule has 0 radical (unpaired) electrons. The second-order valence-corrected chi connectivity index (χ2v) is 11.1. The number of hydrogen-bond acceptors (Lipinski definition) is 4. The van der Waals surface area contributed by atoms with Gasteiger partial charge in [0.1, 0.15) is 16.7 Å². The molecule has 5 heteroatoms. The fourth-order valence-electron chi connectivity index (χ4n) is 6.47. The minimum atomic E-state index is 0.651. The second-order valence-electron chi connectivity index (χ2n) is 11.1. The van der Waals surface area contributed by atoms with Gasteiger partial charge in [-0.2, -0.15) is 0 Å². The van der Waals surface area contributed by atoms with Crippen molar-refractivity contribution >= 4 is 60.9 Å². The number of furan rings is 1. The summed E-state index contributed by atoms with van der Waals surface area (Å²) in [6.07, 6.45) is 1.96. The van der Waals surface area contributed by atoms with Crippen LogP contribution in [0.4, 0.5) is 17.1 Å². The first kappa shape index (κ1) is 25.3. The van der Waals surface area contributed by atoms with Crippen LogP contribution in [0.1, 0.15) is 0 Å². The Morgan fingerprint density at radius 3 is 1.89 bits per heavy atom. The van der Waals surface area contributed by atoms with Crippen molar-refractivity contribution in [3.05, 3.63) is 158 Å². The Kier molecular flexibility index (Phi) is 5.74. The molecule has 0 aliphatic rings. The van der Waals surface area contributed by atoms with E-state index >= 15 is 0 Å². The first-order chi connectivity index (χ1) is 22.3. The molecular weight excluding hydrogens is 552 g/mol. The number of hydrogen-bond donors (Lipinski definition) is 0. The van der Waals surface area contributed by atoms with E-state index in [1.54, 1.807) is 0 Å². The van der Waals surface area contributed by atoms with E-state index in [9.17, 15) is 0 Å². The van der Waals surface area contributed by atoms with Gasteiger partial charge >= 0.3 is 0 Å². The second kappa shape index (κ2) is 10.2. The maximum atomic E-state index is 6.51. The largest absolute Gasteiger partial charge is 0.456 e. The van der Waals surface area contributed by atoms with E-state index in [-0.39, 0.29) is 0 Å². The van der Waals surface area contributed by atoms with Gasteiger partial charge in [0.05, 0.1) is 22.9 Å². The first-order valence-corrected chi connectivity index (χ1v) is 15.0. The van der Waals surface area contributed by atoms with Gasteiger partial charge in [0, 0.05) is 44.9 Å². The van der Waals surface area contributed by atoms with E-state index in [4.69, 9.17) is 14.4 Å². The average molecular weight is 579 g/mol. The zero-order valence-electron chi connectivity index (χ0n) is 24.2. The van der Waals surface area contributed by atoms with E-state index in [2.05, 4.69) is 125 Å². The number of nitrogens with zero attached hydrogens (tertiary/aromatic N) is 4. The van der Waals surface area contributed by atoms with Crippen molar-refractivity contribution in [1.29, 1.82) is 0 Å². The molecule has 5 nitrogen and oxygen atoms in total. The van der Waals surface area contributed by atoms with Gasteiger partial charge in [0.2, 0.25) is 0 Å². The quantitative estimate of drug-likeness (QED) is 0.204. The molecule has 45 heavy (non-hydrogen) atoms. The van der Waals surface area contributed by atoms with E-state index in [0.29, 0.717) is 5.82 Å². The maximum Gasteiger partial charge on any atom is 0.160 e. The molecule has 9 aromatic rings. The third-order valence-electron chi connectivity index (χ3n) is 8.42. The van der Waals surface area contributed by atoms with Crippen molar-refractivity contribution in [2.24, 2.45) is 0 Å². The highest BCUT2D eigenvalue weighted by Gasteiger charge is 2.22. The summed E-state index contributed by atoms with van der Waals surface area (Å²) in [5.74, 6) is 0.651.